The summed E-state index contributed by atoms with van der Waals surface area (Å²) in [5.74, 6) is 0.931. The zero-order valence-electron chi connectivity index (χ0n) is 15.2. The van der Waals surface area contributed by atoms with Crippen LogP contribution in [0.1, 0.15) is 36.1 Å². The summed E-state index contributed by atoms with van der Waals surface area (Å²) in [6, 6.07) is 8.97. The molecule has 3 N–H and O–H groups in total. The maximum absolute atomic E-state index is 12.7. The van der Waals surface area contributed by atoms with Gasteiger partial charge in [0.2, 0.25) is 0 Å². The monoisotopic (exact) mass is 349 g/mol. The predicted molar refractivity (Wildman–Crippen MR) is 102 cm³/mol. The molecule has 6 heteroatoms. The number of pyridine rings is 1. The number of carbonyl (C=O) groups is 1. The maximum Gasteiger partial charge on any atom is 0.251 e. The van der Waals surface area contributed by atoms with E-state index in [-0.39, 0.29) is 17.9 Å². The van der Waals surface area contributed by atoms with Gasteiger partial charge in [0.15, 0.2) is 0 Å². The fraction of sp³-hybridized carbons (Fsp3) is 0.250. The summed E-state index contributed by atoms with van der Waals surface area (Å²) in [7, 11) is 1.93. The molecule has 2 heterocycles. The number of benzene rings is 1. The molecule has 0 fully saturated rings. The van der Waals surface area contributed by atoms with E-state index in [1.807, 2.05) is 29.9 Å². The van der Waals surface area contributed by atoms with E-state index in [2.05, 4.69) is 29.1 Å². The summed E-state index contributed by atoms with van der Waals surface area (Å²) < 4.78 is 1.93. The van der Waals surface area contributed by atoms with Crippen LogP contribution in [0, 0.1) is 5.92 Å². The molecule has 2 aromatic heterocycles. The van der Waals surface area contributed by atoms with Gasteiger partial charge in [0.25, 0.3) is 5.91 Å². The first-order valence-electron chi connectivity index (χ1n) is 8.55. The van der Waals surface area contributed by atoms with Crippen LogP contribution in [0.2, 0.25) is 0 Å². The Morgan fingerprint density at radius 2 is 1.88 bits per heavy atom. The molecule has 1 amide bonds. The molecule has 0 aliphatic rings. The normalized spacial score (nSPS) is 12.2. The average Bonchev–Trinajstić information content (AvgIpc) is 3.05. The van der Waals surface area contributed by atoms with Crippen molar-refractivity contribution in [2.75, 3.05) is 5.73 Å². The van der Waals surface area contributed by atoms with Crippen LogP contribution in [0.3, 0.4) is 0 Å². The molecule has 134 valence electrons. The summed E-state index contributed by atoms with van der Waals surface area (Å²) in [5, 5.41) is 3.09. The third-order valence-electron chi connectivity index (χ3n) is 4.40. The van der Waals surface area contributed by atoms with Gasteiger partial charge in [-0.3, -0.25) is 9.78 Å². The summed E-state index contributed by atoms with van der Waals surface area (Å²) in [6.45, 7) is 4.13. The van der Waals surface area contributed by atoms with Gasteiger partial charge in [0.1, 0.15) is 5.82 Å². The van der Waals surface area contributed by atoms with Gasteiger partial charge in [-0.2, -0.15) is 0 Å². The van der Waals surface area contributed by atoms with Crippen LogP contribution in [0.5, 0.6) is 0 Å². The van der Waals surface area contributed by atoms with Crippen LogP contribution in [-0.2, 0) is 7.05 Å². The van der Waals surface area contributed by atoms with E-state index in [4.69, 9.17) is 5.73 Å². The molecule has 0 aliphatic heterocycles. The molecule has 0 saturated carbocycles. The highest BCUT2D eigenvalue weighted by atomic mass is 16.1. The molecule has 0 bridgehead atoms. The highest BCUT2D eigenvalue weighted by Gasteiger charge is 2.22. The van der Waals surface area contributed by atoms with E-state index in [9.17, 15) is 4.79 Å². The van der Waals surface area contributed by atoms with Crippen molar-refractivity contribution in [3.05, 3.63) is 66.5 Å². The number of nitrogens with two attached hydrogens (primary N) is 1. The molecular formula is C20H23N5O. The Balaban J connectivity index is 1.80. The Labute approximate surface area is 153 Å². The molecule has 0 aliphatic carbocycles. The largest absolute Gasteiger partial charge is 0.398 e. The number of aryl methyl sites for hydroxylation is 1. The lowest BCUT2D eigenvalue weighted by Gasteiger charge is -2.22. The number of amides is 1. The van der Waals surface area contributed by atoms with Crippen LogP contribution in [0.15, 0.2) is 55.1 Å². The third kappa shape index (κ3) is 3.59. The molecular weight excluding hydrogens is 326 g/mol. The molecule has 0 saturated heterocycles. The lowest BCUT2D eigenvalue weighted by atomic mass is 10.0. The smallest absolute Gasteiger partial charge is 0.251 e. The minimum atomic E-state index is -0.156. The minimum absolute atomic E-state index is 0.127. The Morgan fingerprint density at radius 1 is 1.15 bits per heavy atom. The van der Waals surface area contributed by atoms with Crippen molar-refractivity contribution in [2.45, 2.75) is 19.9 Å². The van der Waals surface area contributed by atoms with Gasteiger partial charge in [-0.05, 0) is 29.7 Å². The van der Waals surface area contributed by atoms with E-state index >= 15 is 0 Å². The quantitative estimate of drug-likeness (QED) is 0.741. The molecule has 26 heavy (non-hydrogen) atoms. The second kappa shape index (κ2) is 7.39. The van der Waals surface area contributed by atoms with Crippen molar-refractivity contribution in [3.8, 4) is 11.1 Å². The molecule has 0 radical (unpaired) electrons. The lowest BCUT2D eigenvalue weighted by molar-refractivity contribution is 0.0922. The molecule has 6 nitrogen and oxygen atoms in total. The molecule has 3 rings (SSSR count). The number of carbonyl (C=O) groups excluding carboxylic acids is 1. The number of nitrogen functional groups attached to an aromatic ring is 1. The average molecular weight is 349 g/mol. The second-order valence-electron chi connectivity index (χ2n) is 6.63. The number of hydrogen-bond acceptors (Lipinski definition) is 4. The van der Waals surface area contributed by atoms with E-state index < -0.39 is 0 Å². The number of hydrogen-bond donors (Lipinski definition) is 2. The van der Waals surface area contributed by atoms with Gasteiger partial charge in [-0.25, -0.2) is 4.98 Å². The van der Waals surface area contributed by atoms with E-state index in [0.717, 1.165) is 17.0 Å². The van der Waals surface area contributed by atoms with E-state index in [1.165, 1.54) is 0 Å². The number of anilines is 1. The zero-order chi connectivity index (χ0) is 18.7. The van der Waals surface area contributed by atoms with Gasteiger partial charge in [-0.1, -0.05) is 26.0 Å². The highest BCUT2D eigenvalue weighted by molar-refractivity contribution is 5.95. The topological polar surface area (TPSA) is 85.8 Å². The van der Waals surface area contributed by atoms with Crippen LogP contribution in [-0.4, -0.2) is 20.4 Å². The number of imidazole rings is 1. The first-order valence-corrected chi connectivity index (χ1v) is 8.55. The molecule has 1 aromatic carbocycles. The van der Waals surface area contributed by atoms with E-state index in [1.54, 1.807) is 36.8 Å². The molecule has 1 atom stereocenters. The van der Waals surface area contributed by atoms with Crippen molar-refractivity contribution in [3.63, 3.8) is 0 Å². The van der Waals surface area contributed by atoms with Gasteiger partial charge in [-0.15, -0.1) is 0 Å². The van der Waals surface area contributed by atoms with Crippen LogP contribution < -0.4 is 11.1 Å². The summed E-state index contributed by atoms with van der Waals surface area (Å²) in [5.41, 5.74) is 9.02. The van der Waals surface area contributed by atoms with Crippen molar-refractivity contribution in [2.24, 2.45) is 13.0 Å². The molecule has 0 spiro atoms. The van der Waals surface area contributed by atoms with Gasteiger partial charge in [0, 0.05) is 48.6 Å². The van der Waals surface area contributed by atoms with Crippen molar-refractivity contribution in [1.29, 1.82) is 0 Å². The molecule has 0 unspecified atom stereocenters. The van der Waals surface area contributed by atoms with Gasteiger partial charge in [0.05, 0.1) is 6.04 Å². The fourth-order valence-corrected chi connectivity index (χ4v) is 2.88. The van der Waals surface area contributed by atoms with E-state index in [0.29, 0.717) is 11.3 Å². The Bertz CT molecular complexity index is 899. The number of aromatic nitrogens is 3. The van der Waals surface area contributed by atoms with Crippen LogP contribution in [0.25, 0.3) is 11.1 Å². The minimum Gasteiger partial charge on any atom is -0.398 e. The SMILES string of the molecule is CC(C)[C@H](NC(=O)c1ccc(-c2cnccc2N)cc1)c1nccn1C. The number of nitrogens with one attached hydrogen (secondary N) is 1. The van der Waals surface area contributed by atoms with Gasteiger partial charge >= 0.3 is 0 Å². The molecule has 3 aromatic rings. The summed E-state index contributed by atoms with van der Waals surface area (Å²) >= 11 is 0. The standard InChI is InChI=1S/C20H23N5O/c1-13(2)18(19-23-10-11-25(19)3)24-20(26)15-6-4-14(5-7-15)16-12-22-9-8-17(16)21/h4-13,18H,1-3H3,(H2,21,22)(H,24,26)/t18-/m0/s1. The highest BCUT2D eigenvalue weighted by Crippen LogP contribution is 2.25. The Hall–Kier alpha value is -3.15. The van der Waals surface area contributed by atoms with Crippen molar-refractivity contribution < 1.29 is 4.79 Å². The first kappa shape index (κ1) is 17.7. The van der Waals surface area contributed by atoms with Gasteiger partial charge < -0.3 is 15.6 Å². The Kier molecular flexibility index (Phi) is 5.02. The summed E-state index contributed by atoms with van der Waals surface area (Å²) in [4.78, 5) is 21.2. The number of rotatable bonds is 5. The van der Waals surface area contributed by atoms with Crippen molar-refractivity contribution >= 4 is 11.6 Å². The second-order valence-corrected chi connectivity index (χ2v) is 6.63. The fourth-order valence-electron chi connectivity index (χ4n) is 2.88. The van der Waals surface area contributed by atoms with Crippen LogP contribution in [0.4, 0.5) is 5.69 Å². The first-order chi connectivity index (χ1) is 12.5. The van der Waals surface area contributed by atoms with Crippen molar-refractivity contribution in [1.82, 2.24) is 19.9 Å². The van der Waals surface area contributed by atoms with Crippen LogP contribution >= 0.6 is 0 Å². The lowest BCUT2D eigenvalue weighted by Crippen LogP contribution is -2.33. The predicted octanol–water partition coefficient (Wildman–Crippen LogP) is 3.19. The Morgan fingerprint density at radius 3 is 2.46 bits per heavy atom. The number of nitrogens with zero attached hydrogens (tertiary/aromatic N) is 3. The third-order valence-corrected chi connectivity index (χ3v) is 4.40. The zero-order valence-corrected chi connectivity index (χ0v) is 15.2. The maximum atomic E-state index is 12.7. The summed E-state index contributed by atoms with van der Waals surface area (Å²) in [6.07, 6.45) is 7.00.